The molecule has 7 nitrogen and oxygen atoms in total. The molecule has 4 aromatic rings. The molecule has 122 valence electrons. The summed E-state index contributed by atoms with van der Waals surface area (Å²) in [6, 6.07) is 18.1. The maximum Gasteiger partial charge on any atom is 0.269 e. The number of fused-ring (bicyclic) bond motifs is 1. The molecule has 0 fully saturated rings. The molecule has 7 heteroatoms. The summed E-state index contributed by atoms with van der Waals surface area (Å²) < 4.78 is 1.96. The molecular weight excluding hydrogens is 318 g/mol. The lowest BCUT2D eigenvalue weighted by Gasteiger charge is -2.25. The van der Waals surface area contributed by atoms with Gasteiger partial charge in [0.15, 0.2) is 5.82 Å². The Morgan fingerprint density at radius 1 is 1.00 bits per heavy atom. The molecule has 25 heavy (non-hydrogen) atoms. The van der Waals surface area contributed by atoms with Crippen molar-refractivity contribution in [1.29, 1.82) is 0 Å². The van der Waals surface area contributed by atoms with E-state index in [0.717, 1.165) is 16.6 Å². The van der Waals surface area contributed by atoms with Crippen LogP contribution < -0.4 is 5.01 Å². The molecule has 0 atom stereocenters. The summed E-state index contributed by atoms with van der Waals surface area (Å²) in [4.78, 5) is 18.8. The highest BCUT2D eigenvalue weighted by Gasteiger charge is 2.16. The molecule has 0 aliphatic carbocycles. The Kier molecular flexibility index (Phi) is 3.59. The van der Waals surface area contributed by atoms with Gasteiger partial charge in [0.05, 0.1) is 16.1 Å². The first-order valence-corrected chi connectivity index (χ1v) is 7.61. The fourth-order valence-electron chi connectivity index (χ4n) is 2.73. The third-order valence-electron chi connectivity index (χ3n) is 3.88. The predicted octanol–water partition coefficient (Wildman–Crippen LogP) is 3.94. The SMILES string of the molecule is O=[N+]([O-])c1ccc(N(c2ccncn2)n2ccc3ccccc32)cc1. The third kappa shape index (κ3) is 2.67. The first-order chi connectivity index (χ1) is 12.2. The lowest BCUT2D eigenvalue weighted by atomic mass is 10.2. The quantitative estimate of drug-likeness (QED) is 0.418. The largest absolute Gasteiger partial charge is 0.269 e. The van der Waals surface area contributed by atoms with Crippen LogP contribution in [-0.4, -0.2) is 19.6 Å². The van der Waals surface area contributed by atoms with Crippen molar-refractivity contribution in [2.75, 3.05) is 5.01 Å². The van der Waals surface area contributed by atoms with Crippen LogP contribution >= 0.6 is 0 Å². The van der Waals surface area contributed by atoms with E-state index in [9.17, 15) is 10.1 Å². The van der Waals surface area contributed by atoms with Gasteiger partial charge in [-0.25, -0.2) is 15.0 Å². The van der Waals surface area contributed by atoms with Crippen molar-refractivity contribution in [3.63, 3.8) is 0 Å². The lowest BCUT2D eigenvalue weighted by molar-refractivity contribution is -0.384. The second-order valence-electron chi connectivity index (χ2n) is 5.37. The Morgan fingerprint density at radius 2 is 1.80 bits per heavy atom. The number of nitro groups is 1. The van der Waals surface area contributed by atoms with Gasteiger partial charge in [-0.05, 0) is 24.3 Å². The van der Waals surface area contributed by atoms with Gasteiger partial charge in [-0.3, -0.25) is 14.8 Å². The summed E-state index contributed by atoms with van der Waals surface area (Å²) in [7, 11) is 0. The minimum atomic E-state index is -0.413. The molecule has 2 aromatic heterocycles. The van der Waals surface area contributed by atoms with E-state index in [1.54, 1.807) is 24.4 Å². The monoisotopic (exact) mass is 331 g/mol. The highest BCUT2D eigenvalue weighted by atomic mass is 16.6. The fourth-order valence-corrected chi connectivity index (χ4v) is 2.73. The molecular formula is C18H13N5O2. The van der Waals surface area contributed by atoms with Crippen molar-refractivity contribution < 1.29 is 4.92 Å². The second kappa shape index (κ2) is 6.04. The summed E-state index contributed by atoms with van der Waals surface area (Å²) in [6.07, 6.45) is 5.07. The maximum atomic E-state index is 10.9. The topological polar surface area (TPSA) is 77.1 Å². The van der Waals surface area contributed by atoms with Crippen molar-refractivity contribution in [1.82, 2.24) is 14.6 Å². The number of non-ortho nitro benzene ring substituents is 1. The summed E-state index contributed by atoms with van der Waals surface area (Å²) >= 11 is 0. The van der Waals surface area contributed by atoms with Crippen LogP contribution in [0.4, 0.5) is 17.2 Å². The first kappa shape index (κ1) is 14.8. The molecule has 0 radical (unpaired) electrons. The number of hydrogen-bond acceptors (Lipinski definition) is 5. The Balaban J connectivity index is 1.89. The fraction of sp³-hybridized carbons (Fsp3) is 0. The molecule has 0 aliphatic heterocycles. The minimum absolute atomic E-state index is 0.0451. The van der Waals surface area contributed by atoms with E-state index >= 15 is 0 Å². The zero-order valence-electron chi connectivity index (χ0n) is 13.1. The molecule has 0 amide bonds. The minimum Gasteiger partial charge on any atom is -0.258 e. The van der Waals surface area contributed by atoms with Crippen LogP contribution in [0.25, 0.3) is 10.9 Å². The summed E-state index contributed by atoms with van der Waals surface area (Å²) in [5, 5.41) is 13.9. The van der Waals surface area contributed by atoms with Gasteiger partial charge in [0.25, 0.3) is 5.69 Å². The first-order valence-electron chi connectivity index (χ1n) is 7.61. The van der Waals surface area contributed by atoms with Crippen LogP contribution in [0.3, 0.4) is 0 Å². The normalized spacial score (nSPS) is 10.7. The van der Waals surface area contributed by atoms with Crippen molar-refractivity contribution in [3.05, 3.63) is 89.5 Å². The highest BCUT2D eigenvalue weighted by molar-refractivity contribution is 5.82. The van der Waals surface area contributed by atoms with Crippen LogP contribution in [-0.2, 0) is 0 Å². The number of hydrogen-bond donors (Lipinski definition) is 0. The molecule has 0 aliphatic rings. The van der Waals surface area contributed by atoms with E-state index in [2.05, 4.69) is 9.97 Å². The number of anilines is 2. The lowest BCUT2D eigenvalue weighted by Crippen LogP contribution is -2.24. The van der Waals surface area contributed by atoms with Crippen molar-refractivity contribution in [2.45, 2.75) is 0 Å². The Hall–Kier alpha value is -3.74. The summed E-state index contributed by atoms with van der Waals surface area (Å²) in [6.45, 7) is 0. The smallest absolute Gasteiger partial charge is 0.258 e. The van der Waals surface area contributed by atoms with Crippen LogP contribution in [0, 0.1) is 10.1 Å². The zero-order chi connectivity index (χ0) is 17.2. The predicted molar refractivity (Wildman–Crippen MR) is 94.6 cm³/mol. The summed E-state index contributed by atoms with van der Waals surface area (Å²) in [5.74, 6) is 0.658. The Bertz CT molecular complexity index is 1030. The van der Waals surface area contributed by atoms with E-state index in [0.29, 0.717) is 5.82 Å². The molecule has 2 heterocycles. The molecule has 2 aromatic carbocycles. The second-order valence-corrected chi connectivity index (χ2v) is 5.37. The summed E-state index contributed by atoms with van der Waals surface area (Å²) in [5.41, 5.74) is 1.80. The van der Waals surface area contributed by atoms with E-state index < -0.39 is 4.92 Å². The number of rotatable bonds is 4. The van der Waals surface area contributed by atoms with E-state index in [1.165, 1.54) is 18.5 Å². The van der Waals surface area contributed by atoms with E-state index in [1.807, 2.05) is 46.2 Å². The van der Waals surface area contributed by atoms with E-state index in [-0.39, 0.29) is 5.69 Å². The van der Waals surface area contributed by atoms with E-state index in [4.69, 9.17) is 0 Å². The van der Waals surface area contributed by atoms with Crippen molar-refractivity contribution in [2.24, 2.45) is 0 Å². The highest BCUT2D eigenvalue weighted by Crippen LogP contribution is 2.29. The van der Waals surface area contributed by atoms with Crippen LogP contribution in [0.15, 0.2) is 79.4 Å². The van der Waals surface area contributed by atoms with Gasteiger partial charge >= 0.3 is 0 Å². The van der Waals surface area contributed by atoms with Crippen LogP contribution in [0.5, 0.6) is 0 Å². The van der Waals surface area contributed by atoms with Crippen molar-refractivity contribution in [3.8, 4) is 0 Å². The van der Waals surface area contributed by atoms with Gasteiger partial charge in [0.1, 0.15) is 6.33 Å². The third-order valence-corrected chi connectivity index (χ3v) is 3.88. The average Bonchev–Trinajstić information content (AvgIpc) is 3.07. The van der Waals surface area contributed by atoms with Gasteiger partial charge in [-0.1, -0.05) is 18.2 Å². The molecule has 0 bridgehead atoms. The van der Waals surface area contributed by atoms with Crippen molar-refractivity contribution >= 4 is 28.1 Å². The van der Waals surface area contributed by atoms with Crippen LogP contribution in [0.2, 0.25) is 0 Å². The number of nitrogens with zero attached hydrogens (tertiary/aromatic N) is 5. The molecule has 0 saturated heterocycles. The number of benzene rings is 2. The van der Waals surface area contributed by atoms with Crippen LogP contribution in [0.1, 0.15) is 0 Å². The van der Waals surface area contributed by atoms with Gasteiger partial charge in [0.2, 0.25) is 0 Å². The Labute approximate surface area is 142 Å². The number of aromatic nitrogens is 3. The van der Waals surface area contributed by atoms with Gasteiger partial charge in [-0.15, -0.1) is 0 Å². The zero-order valence-corrected chi connectivity index (χ0v) is 13.1. The average molecular weight is 331 g/mol. The van der Waals surface area contributed by atoms with Gasteiger partial charge in [-0.2, -0.15) is 0 Å². The molecule has 4 rings (SSSR count). The standard InChI is InChI=1S/C18H13N5O2/c24-23(25)16-7-5-15(6-8-16)22(18-9-11-19-13-20-18)21-12-10-14-3-1-2-4-17(14)21/h1-13H. The Morgan fingerprint density at radius 3 is 2.52 bits per heavy atom. The molecule has 0 spiro atoms. The molecule has 0 N–H and O–H groups in total. The maximum absolute atomic E-state index is 10.9. The molecule has 0 unspecified atom stereocenters. The number of para-hydroxylation sites is 1. The van der Waals surface area contributed by atoms with Gasteiger partial charge < -0.3 is 0 Å². The molecule has 0 saturated carbocycles. The van der Waals surface area contributed by atoms with Gasteiger partial charge in [0, 0.05) is 36.0 Å². The number of nitro benzene ring substituents is 1.